The summed E-state index contributed by atoms with van der Waals surface area (Å²) in [5, 5.41) is 10.3. The summed E-state index contributed by atoms with van der Waals surface area (Å²) in [4.78, 5) is 11.9. The van der Waals surface area contributed by atoms with Crippen LogP contribution < -0.4 is 0 Å². The van der Waals surface area contributed by atoms with Crippen molar-refractivity contribution in [3.05, 3.63) is 34.9 Å². The zero-order valence-corrected chi connectivity index (χ0v) is 12.7. The van der Waals surface area contributed by atoms with Gasteiger partial charge in [0.05, 0.1) is 0 Å². The summed E-state index contributed by atoms with van der Waals surface area (Å²) in [7, 11) is 0. The topological polar surface area (TPSA) is 55.8 Å². The van der Waals surface area contributed by atoms with Gasteiger partial charge in [-0.1, -0.05) is 36.7 Å². The molecule has 1 unspecified atom stereocenters. The Hall–Kier alpha value is -1.10. The minimum absolute atomic E-state index is 0.333. The fourth-order valence-corrected chi connectivity index (χ4v) is 3.65. The molecule has 1 N–H and O–H groups in total. The van der Waals surface area contributed by atoms with Gasteiger partial charge in [-0.3, -0.25) is 0 Å². The number of halogens is 1. The van der Waals surface area contributed by atoms with Gasteiger partial charge in [-0.15, -0.1) is 0 Å². The van der Waals surface area contributed by atoms with E-state index in [9.17, 15) is 9.90 Å². The normalized spacial score (nSPS) is 30.9. The smallest absolute Gasteiger partial charge is 0.339 e. The molecule has 1 spiro atoms. The van der Waals surface area contributed by atoms with Gasteiger partial charge in [-0.05, 0) is 25.3 Å². The van der Waals surface area contributed by atoms with Crippen molar-refractivity contribution in [3.8, 4) is 0 Å². The van der Waals surface area contributed by atoms with Crippen LogP contribution in [0.25, 0.3) is 0 Å². The molecule has 1 aliphatic carbocycles. The van der Waals surface area contributed by atoms with Crippen LogP contribution in [0.4, 0.5) is 0 Å². The van der Waals surface area contributed by atoms with Crippen molar-refractivity contribution < 1.29 is 19.4 Å². The quantitative estimate of drug-likeness (QED) is 0.919. The van der Waals surface area contributed by atoms with Gasteiger partial charge in [0.15, 0.2) is 11.4 Å². The van der Waals surface area contributed by atoms with Crippen molar-refractivity contribution in [2.45, 2.75) is 56.5 Å². The third kappa shape index (κ3) is 2.26. The van der Waals surface area contributed by atoms with E-state index in [1.807, 2.05) is 25.1 Å². The van der Waals surface area contributed by atoms with E-state index in [0.717, 1.165) is 25.7 Å². The minimum atomic E-state index is -1.37. The Bertz CT molecular complexity index is 553. The molecule has 0 radical (unpaired) electrons. The summed E-state index contributed by atoms with van der Waals surface area (Å²) in [5.74, 6) is -1.75. The highest BCUT2D eigenvalue weighted by atomic mass is 35.5. The van der Waals surface area contributed by atoms with Crippen LogP contribution in [0.5, 0.6) is 0 Å². The van der Waals surface area contributed by atoms with E-state index >= 15 is 0 Å². The molecule has 2 aliphatic rings. The number of benzene rings is 1. The van der Waals surface area contributed by atoms with Crippen LogP contribution >= 0.6 is 11.6 Å². The molecule has 0 amide bonds. The number of hydrogen-bond donors (Lipinski definition) is 1. The van der Waals surface area contributed by atoms with Gasteiger partial charge in [-0.25, -0.2) is 4.79 Å². The first kappa shape index (κ1) is 14.8. The van der Waals surface area contributed by atoms with E-state index < -0.39 is 23.5 Å². The summed E-state index contributed by atoms with van der Waals surface area (Å²) in [6, 6.07) is 7.23. The second kappa shape index (κ2) is 5.27. The van der Waals surface area contributed by atoms with Gasteiger partial charge in [-0.2, -0.15) is 0 Å². The molecular formula is C16H19ClO4. The molecule has 2 fully saturated rings. The molecule has 1 heterocycles. The number of carbonyl (C=O) groups is 1. The first-order chi connectivity index (χ1) is 10.0. The van der Waals surface area contributed by atoms with Crippen LogP contribution in [-0.2, 0) is 14.3 Å². The van der Waals surface area contributed by atoms with E-state index in [1.54, 1.807) is 6.07 Å². The average molecular weight is 311 g/mol. The first-order valence-corrected chi connectivity index (χ1v) is 7.77. The van der Waals surface area contributed by atoms with Crippen LogP contribution in [0.3, 0.4) is 0 Å². The van der Waals surface area contributed by atoms with Gasteiger partial charge >= 0.3 is 5.97 Å². The lowest BCUT2D eigenvalue weighted by Gasteiger charge is -2.28. The van der Waals surface area contributed by atoms with Gasteiger partial charge in [0.1, 0.15) is 6.10 Å². The van der Waals surface area contributed by atoms with Gasteiger partial charge in [0, 0.05) is 23.4 Å². The molecule has 1 aliphatic heterocycles. The Balaban J connectivity index is 2.07. The second-order valence-electron chi connectivity index (χ2n) is 5.79. The van der Waals surface area contributed by atoms with E-state index in [-0.39, 0.29) is 0 Å². The maximum absolute atomic E-state index is 11.9. The van der Waals surface area contributed by atoms with E-state index in [0.29, 0.717) is 17.0 Å². The minimum Gasteiger partial charge on any atom is -0.479 e. The van der Waals surface area contributed by atoms with E-state index in [1.165, 1.54) is 0 Å². The molecule has 5 heteroatoms. The summed E-state index contributed by atoms with van der Waals surface area (Å²) < 4.78 is 12.2. The predicted molar refractivity (Wildman–Crippen MR) is 78.2 cm³/mol. The highest BCUT2D eigenvalue weighted by Crippen LogP contribution is 2.54. The predicted octanol–water partition coefficient (Wildman–Crippen LogP) is 3.93. The van der Waals surface area contributed by atoms with Crippen molar-refractivity contribution in [2.24, 2.45) is 0 Å². The summed E-state index contributed by atoms with van der Waals surface area (Å²) in [6.07, 6.45) is 3.13. The zero-order valence-electron chi connectivity index (χ0n) is 12.0. The number of hydrogen-bond acceptors (Lipinski definition) is 3. The number of ether oxygens (including phenoxy) is 2. The van der Waals surface area contributed by atoms with Crippen molar-refractivity contribution >= 4 is 17.6 Å². The molecule has 1 aromatic carbocycles. The third-order valence-electron chi connectivity index (χ3n) is 4.56. The fourth-order valence-electron chi connectivity index (χ4n) is 3.42. The van der Waals surface area contributed by atoms with Gasteiger partial charge in [0.25, 0.3) is 0 Å². The van der Waals surface area contributed by atoms with Crippen LogP contribution in [0.2, 0.25) is 5.02 Å². The Morgan fingerprint density at radius 3 is 2.62 bits per heavy atom. The highest BCUT2D eigenvalue weighted by molar-refractivity contribution is 6.31. The highest BCUT2D eigenvalue weighted by Gasteiger charge is 2.62. The van der Waals surface area contributed by atoms with Crippen LogP contribution in [0.1, 0.15) is 50.7 Å². The van der Waals surface area contributed by atoms with Crippen LogP contribution in [0.15, 0.2) is 24.3 Å². The summed E-state index contributed by atoms with van der Waals surface area (Å²) in [6.45, 7) is 1.81. The lowest BCUT2D eigenvalue weighted by molar-refractivity contribution is -0.197. The SMILES string of the molecule is CCC1(C(=O)O)OC2(CCCC2)O[C@H]1c1ccccc1Cl. The number of rotatable bonds is 3. The first-order valence-electron chi connectivity index (χ1n) is 7.39. The maximum Gasteiger partial charge on any atom is 0.339 e. The summed E-state index contributed by atoms with van der Waals surface area (Å²) >= 11 is 6.26. The van der Waals surface area contributed by atoms with Crippen LogP contribution in [0, 0.1) is 0 Å². The van der Waals surface area contributed by atoms with Crippen molar-refractivity contribution in [1.29, 1.82) is 0 Å². The Kier molecular flexibility index (Phi) is 3.72. The number of carboxylic acids is 1. The van der Waals surface area contributed by atoms with Crippen molar-refractivity contribution in [3.63, 3.8) is 0 Å². The van der Waals surface area contributed by atoms with Gasteiger partial charge in [0.2, 0.25) is 0 Å². The third-order valence-corrected chi connectivity index (χ3v) is 4.91. The van der Waals surface area contributed by atoms with E-state index in [2.05, 4.69) is 0 Å². The Labute approximate surface area is 129 Å². The molecule has 0 aromatic heterocycles. The lowest BCUT2D eigenvalue weighted by atomic mass is 9.89. The number of aliphatic carboxylic acids is 1. The van der Waals surface area contributed by atoms with Crippen LogP contribution in [-0.4, -0.2) is 22.5 Å². The molecule has 21 heavy (non-hydrogen) atoms. The number of carboxylic acid groups (broad SMARTS) is 1. The molecule has 1 saturated carbocycles. The van der Waals surface area contributed by atoms with Gasteiger partial charge < -0.3 is 14.6 Å². The average Bonchev–Trinajstić information content (AvgIpc) is 3.05. The molecular weight excluding hydrogens is 292 g/mol. The summed E-state index contributed by atoms with van der Waals surface area (Å²) in [5.41, 5.74) is -0.679. The molecule has 0 bridgehead atoms. The lowest BCUT2D eigenvalue weighted by Crippen LogP contribution is -2.44. The standard InChI is InChI=1S/C16H19ClO4/c1-2-16(14(18)19)13(11-7-3-4-8-12(11)17)20-15(21-16)9-5-6-10-15/h3-4,7-8,13H,2,5-6,9-10H2,1H3,(H,18,19)/t13-,16?/m0/s1. The molecule has 4 nitrogen and oxygen atoms in total. The Morgan fingerprint density at radius 2 is 2.05 bits per heavy atom. The molecule has 1 aromatic rings. The monoisotopic (exact) mass is 310 g/mol. The Morgan fingerprint density at radius 1 is 1.38 bits per heavy atom. The van der Waals surface area contributed by atoms with Crippen molar-refractivity contribution in [2.75, 3.05) is 0 Å². The second-order valence-corrected chi connectivity index (χ2v) is 6.19. The molecule has 1 saturated heterocycles. The zero-order chi connectivity index (χ0) is 15.1. The van der Waals surface area contributed by atoms with Crippen molar-refractivity contribution in [1.82, 2.24) is 0 Å². The molecule has 114 valence electrons. The maximum atomic E-state index is 11.9. The fraction of sp³-hybridized carbons (Fsp3) is 0.562. The largest absolute Gasteiger partial charge is 0.479 e. The molecule has 2 atom stereocenters. The molecule has 3 rings (SSSR count). The van der Waals surface area contributed by atoms with E-state index in [4.69, 9.17) is 21.1 Å².